The quantitative estimate of drug-likeness (QED) is 0.673. The van der Waals surface area contributed by atoms with Gasteiger partial charge >= 0.3 is 0 Å². The van der Waals surface area contributed by atoms with Crippen LogP contribution in [0.25, 0.3) is 0 Å². The van der Waals surface area contributed by atoms with Gasteiger partial charge in [-0.15, -0.1) is 4.68 Å². The molecule has 0 bridgehead atoms. The molecule has 1 heterocycles. The second-order valence-electron chi connectivity index (χ2n) is 5.53. The van der Waals surface area contributed by atoms with Crippen molar-refractivity contribution in [3.8, 4) is 0 Å². The van der Waals surface area contributed by atoms with Crippen LogP contribution in [0, 0.1) is 13.8 Å². The minimum atomic E-state index is 0.808. The molecule has 1 aromatic heterocycles. The SMILES string of the molecule is Cc1cccc(Cn2c[n+](Cc3ccccc3C)cn2)c1. The summed E-state index contributed by atoms with van der Waals surface area (Å²) in [5.41, 5.74) is 5.21. The Bertz CT molecular complexity index is 743. The molecule has 3 heteroatoms. The highest BCUT2D eigenvalue weighted by atomic mass is 15.3. The molecule has 21 heavy (non-hydrogen) atoms. The molecule has 0 unspecified atom stereocenters. The highest BCUT2D eigenvalue weighted by Crippen LogP contribution is 2.07. The fraction of sp³-hybridized carbons (Fsp3) is 0.222. The van der Waals surface area contributed by atoms with Crippen LogP contribution in [-0.4, -0.2) is 9.78 Å². The Kier molecular flexibility index (Phi) is 3.82. The van der Waals surface area contributed by atoms with Crippen molar-refractivity contribution in [2.24, 2.45) is 0 Å². The minimum Gasteiger partial charge on any atom is -0.233 e. The van der Waals surface area contributed by atoms with Gasteiger partial charge in [-0.25, -0.2) is 4.57 Å². The Hall–Kier alpha value is -2.42. The van der Waals surface area contributed by atoms with E-state index in [-0.39, 0.29) is 0 Å². The number of aromatic nitrogens is 3. The van der Waals surface area contributed by atoms with E-state index in [4.69, 9.17) is 0 Å². The van der Waals surface area contributed by atoms with E-state index in [0.29, 0.717) is 0 Å². The van der Waals surface area contributed by atoms with Gasteiger partial charge in [-0.3, -0.25) is 0 Å². The number of hydrogen-bond acceptors (Lipinski definition) is 1. The second kappa shape index (κ2) is 5.92. The van der Waals surface area contributed by atoms with Gasteiger partial charge in [0.1, 0.15) is 6.54 Å². The smallest absolute Gasteiger partial charge is 0.233 e. The highest BCUT2D eigenvalue weighted by Gasteiger charge is 2.08. The maximum atomic E-state index is 4.45. The predicted molar refractivity (Wildman–Crippen MR) is 83.0 cm³/mol. The van der Waals surface area contributed by atoms with E-state index < -0.39 is 0 Å². The van der Waals surface area contributed by atoms with Gasteiger partial charge in [0, 0.05) is 5.10 Å². The average Bonchev–Trinajstić information content (AvgIpc) is 2.89. The fourth-order valence-electron chi connectivity index (χ4n) is 2.51. The molecule has 3 aromatic rings. The monoisotopic (exact) mass is 278 g/mol. The summed E-state index contributed by atoms with van der Waals surface area (Å²) in [7, 11) is 0. The standard InChI is InChI=1S/C18H20N3/c1-15-6-5-8-17(10-15)11-21-14-20(13-19-21)12-18-9-4-3-7-16(18)2/h3-10,13-14H,11-12H2,1-2H3/q+1. The predicted octanol–water partition coefficient (Wildman–Crippen LogP) is 2.88. The van der Waals surface area contributed by atoms with Crippen LogP contribution in [0.15, 0.2) is 61.2 Å². The van der Waals surface area contributed by atoms with E-state index in [1.54, 1.807) is 0 Å². The Labute approximate surface area is 125 Å². The summed E-state index contributed by atoms with van der Waals surface area (Å²) in [6.45, 7) is 5.93. The lowest BCUT2D eigenvalue weighted by molar-refractivity contribution is -0.689. The van der Waals surface area contributed by atoms with E-state index in [1.807, 2.05) is 11.0 Å². The van der Waals surface area contributed by atoms with Gasteiger partial charge in [-0.05, 0) is 30.5 Å². The van der Waals surface area contributed by atoms with E-state index in [0.717, 1.165) is 13.1 Å². The summed E-state index contributed by atoms with van der Waals surface area (Å²) in [5, 5.41) is 4.45. The topological polar surface area (TPSA) is 21.7 Å². The third-order valence-corrected chi connectivity index (χ3v) is 3.67. The number of hydrogen-bond donors (Lipinski definition) is 0. The summed E-state index contributed by atoms with van der Waals surface area (Å²) in [4.78, 5) is 0. The van der Waals surface area contributed by atoms with Gasteiger partial charge in [0.05, 0.1) is 6.54 Å². The molecule has 0 atom stereocenters. The number of rotatable bonds is 4. The van der Waals surface area contributed by atoms with Crippen LogP contribution >= 0.6 is 0 Å². The van der Waals surface area contributed by atoms with Gasteiger partial charge in [-0.2, -0.15) is 0 Å². The van der Waals surface area contributed by atoms with E-state index in [1.165, 1.54) is 22.3 Å². The van der Waals surface area contributed by atoms with Crippen LogP contribution in [-0.2, 0) is 13.1 Å². The number of aryl methyl sites for hydroxylation is 2. The molecular weight excluding hydrogens is 258 g/mol. The van der Waals surface area contributed by atoms with Crippen LogP contribution in [0.4, 0.5) is 0 Å². The highest BCUT2D eigenvalue weighted by molar-refractivity contribution is 5.24. The number of nitrogens with zero attached hydrogens (tertiary/aromatic N) is 3. The van der Waals surface area contributed by atoms with E-state index in [2.05, 4.69) is 78.4 Å². The van der Waals surface area contributed by atoms with Crippen molar-refractivity contribution in [2.45, 2.75) is 26.9 Å². The molecule has 0 radical (unpaired) electrons. The van der Waals surface area contributed by atoms with Crippen LogP contribution in [0.2, 0.25) is 0 Å². The van der Waals surface area contributed by atoms with Crippen molar-refractivity contribution in [3.63, 3.8) is 0 Å². The second-order valence-corrected chi connectivity index (χ2v) is 5.53. The zero-order valence-electron chi connectivity index (χ0n) is 12.5. The summed E-state index contributed by atoms with van der Waals surface area (Å²) in [6, 6.07) is 17.0. The van der Waals surface area contributed by atoms with Crippen LogP contribution in [0.5, 0.6) is 0 Å². The summed E-state index contributed by atoms with van der Waals surface area (Å²) in [6.07, 6.45) is 3.96. The van der Waals surface area contributed by atoms with Gasteiger partial charge < -0.3 is 0 Å². The lowest BCUT2D eigenvalue weighted by Gasteiger charge is -2.02. The van der Waals surface area contributed by atoms with Crippen LogP contribution < -0.4 is 4.57 Å². The molecule has 0 saturated heterocycles. The molecule has 0 saturated carbocycles. The Morgan fingerprint density at radius 3 is 2.71 bits per heavy atom. The lowest BCUT2D eigenvalue weighted by atomic mass is 10.1. The molecule has 2 aromatic carbocycles. The molecule has 0 aliphatic rings. The molecule has 0 aliphatic carbocycles. The Morgan fingerprint density at radius 1 is 1.05 bits per heavy atom. The normalized spacial score (nSPS) is 10.8. The van der Waals surface area contributed by atoms with Crippen molar-refractivity contribution in [1.29, 1.82) is 0 Å². The molecule has 0 aliphatic heterocycles. The maximum Gasteiger partial charge on any atom is 0.265 e. The molecule has 3 nitrogen and oxygen atoms in total. The molecular formula is C18H20N3+. The molecule has 0 amide bonds. The third-order valence-electron chi connectivity index (χ3n) is 3.67. The zero-order valence-corrected chi connectivity index (χ0v) is 12.5. The minimum absolute atomic E-state index is 0.808. The first kappa shape index (κ1) is 13.6. The zero-order chi connectivity index (χ0) is 14.7. The summed E-state index contributed by atoms with van der Waals surface area (Å²) in [5.74, 6) is 0. The molecule has 0 N–H and O–H groups in total. The first-order valence-electron chi connectivity index (χ1n) is 7.22. The van der Waals surface area contributed by atoms with Gasteiger partial charge in [0.25, 0.3) is 6.33 Å². The molecule has 106 valence electrons. The summed E-state index contributed by atoms with van der Waals surface area (Å²) < 4.78 is 4.10. The van der Waals surface area contributed by atoms with E-state index in [9.17, 15) is 0 Å². The van der Waals surface area contributed by atoms with Crippen molar-refractivity contribution in [3.05, 3.63) is 83.4 Å². The van der Waals surface area contributed by atoms with Crippen molar-refractivity contribution >= 4 is 0 Å². The van der Waals surface area contributed by atoms with Crippen molar-refractivity contribution < 1.29 is 4.57 Å². The van der Waals surface area contributed by atoms with Crippen LogP contribution in [0.3, 0.4) is 0 Å². The fourth-order valence-corrected chi connectivity index (χ4v) is 2.51. The van der Waals surface area contributed by atoms with Crippen LogP contribution in [0.1, 0.15) is 22.3 Å². The number of benzene rings is 2. The average molecular weight is 278 g/mol. The Balaban J connectivity index is 1.73. The molecule has 0 spiro atoms. The first-order valence-corrected chi connectivity index (χ1v) is 7.22. The van der Waals surface area contributed by atoms with Gasteiger partial charge in [-0.1, -0.05) is 54.1 Å². The summed E-state index contributed by atoms with van der Waals surface area (Å²) >= 11 is 0. The molecule has 3 rings (SSSR count). The van der Waals surface area contributed by atoms with Crippen molar-refractivity contribution in [2.75, 3.05) is 0 Å². The Morgan fingerprint density at radius 2 is 1.90 bits per heavy atom. The van der Waals surface area contributed by atoms with Crippen molar-refractivity contribution in [1.82, 2.24) is 9.78 Å². The van der Waals surface area contributed by atoms with Gasteiger partial charge in [0.2, 0.25) is 6.33 Å². The largest absolute Gasteiger partial charge is 0.265 e. The lowest BCUT2D eigenvalue weighted by Crippen LogP contribution is -2.32. The maximum absolute atomic E-state index is 4.45. The van der Waals surface area contributed by atoms with E-state index >= 15 is 0 Å². The first-order chi connectivity index (χ1) is 10.2. The van der Waals surface area contributed by atoms with Gasteiger partial charge in [0.15, 0.2) is 0 Å². The molecule has 0 fully saturated rings. The third kappa shape index (κ3) is 3.37.